The molecule has 74 valence electrons. The first kappa shape index (κ1) is 9.06. The van der Waals surface area contributed by atoms with Crippen molar-refractivity contribution in [3.05, 3.63) is 29.3 Å². The quantitative estimate of drug-likeness (QED) is 0.798. The Kier molecular flexibility index (Phi) is 2.15. The van der Waals surface area contributed by atoms with E-state index in [4.69, 9.17) is 9.84 Å². The molecular weight excluding hydrogens is 180 g/mol. The highest BCUT2D eigenvalue weighted by atomic mass is 16.5. The molecule has 1 aliphatic carbocycles. The minimum Gasteiger partial charge on any atom is -0.490 e. The second kappa shape index (κ2) is 3.33. The summed E-state index contributed by atoms with van der Waals surface area (Å²) >= 11 is 0. The lowest BCUT2D eigenvalue weighted by molar-refractivity contribution is 0.0696. The van der Waals surface area contributed by atoms with Crippen molar-refractivity contribution in [1.29, 1.82) is 0 Å². The normalized spacial score (nSPS) is 15.2. The summed E-state index contributed by atoms with van der Waals surface area (Å²) in [6.07, 6.45) is 2.57. The van der Waals surface area contributed by atoms with Crippen molar-refractivity contribution in [1.82, 2.24) is 0 Å². The molecule has 2 rings (SSSR count). The maximum absolute atomic E-state index is 10.7. The monoisotopic (exact) mass is 192 g/mol. The molecule has 0 radical (unpaired) electrons. The molecule has 3 nitrogen and oxygen atoms in total. The van der Waals surface area contributed by atoms with Crippen LogP contribution in [-0.4, -0.2) is 17.2 Å². The van der Waals surface area contributed by atoms with Crippen LogP contribution in [0.15, 0.2) is 18.2 Å². The lowest BCUT2D eigenvalue weighted by Gasteiger charge is -2.07. The van der Waals surface area contributed by atoms with Gasteiger partial charge in [0.25, 0.3) is 0 Å². The Balaban J connectivity index is 2.21. The molecule has 0 heterocycles. The van der Waals surface area contributed by atoms with Gasteiger partial charge in [-0.05, 0) is 43.5 Å². The lowest BCUT2D eigenvalue weighted by Crippen LogP contribution is -2.01. The van der Waals surface area contributed by atoms with Crippen LogP contribution in [0.5, 0.6) is 5.75 Å². The van der Waals surface area contributed by atoms with Gasteiger partial charge >= 0.3 is 5.97 Å². The number of ether oxygens (including phenoxy) is 1. The van der Waals surface area contributed by atoms with E-state index in [0.717, 1.165) is 24.2 Å². The number of carbonyl (C=O) groups is 1. The molecule has 0 aliphatic heterocycles. The van der Waals surface area contributed by atoms with Gasteiger partial charge < -0.3 is 9.84 Å². The fraction of sp³-hybridized carbons (Fsp3) is 0.364. The predicted octanol–water partition coefficient (Wildman–Crippen LogP) is 2.23. The first-order chi connectivity index (χ1) is 6.66. The minimum atomic E-state index is -0.897. The van der Waals surface area contributed by atoms with Crippen LogP contribution in [0.3, 0.4) is 0 Å². The van der Waals surface area contributed by atoms with Gasteiger partial charge in [-0.3, -0.25) is 0 Å². The number of aryl methyl sites for hydroxylation is 1. The van der Waals surface area contributed by atoms with Crippen LogP contribution >= 0.6 is 0 Å². The van der Waals surface area contributed by atoms with E-state index in [2.05, 4.69) is 0 Å². The molecule has 0 spiro atoms. The zero-order valence-corrected chi connectivity index (χ0v) is 7.99. The average molecular weight is 192 g/mol. The van der Waals surface area contributed by atoms with E-state index in [1.807, 2.05) is 6.92 Å². The SMILES string of the molecule is Cc1cc(C(=O)O)ccc1OC1CC1. The summed E-state index contributed by atoms with van der Waals surface area (Å²) in [7, 11) is 0. The molecule has 1 aromatic rings. The van der Waals surface area contributed by atoms with Crippen molar-refractivity contribution in [2.24, 2.45) is 0 Å². The predicted molar refractivity (Wildman–Crippen MR) is 51.8 cm³/mol. The topological polar surface area (TPSA) is 46.5 Å². The second-order valence-corrected chi connectivity index (χ2v) is 3.60. The molecule has 0 amide bonds. The highest BCUT2D eigenvalue weighted by Gasteiger charge is 2.24. The zero-order valence-electron chi connectivity index (χ0n) is 7.99. The molecule has 1 aromatic carbocycles. The number of aromatic carboxylic acids is 1. The smallest absolute Gasteiger partial charge is 0.335 e. The Morgan fingerprint density at radius 1 is 1.50 bits per heavy atom. The van der Waals surface area contributed by atoms with Crippen molar-refractivity contribution < 1.29 is 14.6 Å². The minimum absolute atomic E-state index is 0.311. The molecule has 0 bridgehead atoms. The van der Waals surface area contributed by atoms with Crippen LogP contribution < -0.4 is 4.74 Å². The van der Waals surface area contributed by atoms with Gasteiger partial charge in [-0.1, -0.05) is 0 Å². The van der Waals surface area contributed by atoms with Crippen molar-refractivity contribution >= 4 is 5.97 Å². The fourth-order valence-corrected chi connectivity index (χ4v) is 1.28. The van der Waals surface area contributed by atoms with Crippen LogP contribution in [0, 0.1) is 6.92 Å². The van der Waals surface area contributed by atoms with Gasteiger partial charge in [0, 0.05) is 0 Å². The molecule has 14 heavy (non-hydrogen) atoms. The van der Waals surface area contributed by atoms with Crippen LogP contribution in [0.2, 0.25) is 0 Å². The highest BCUT2D eigenvalue weighted by Crippen LogP contribution is 2.29. The van der Waals surface area contributed by atoms with Crippen LogP contribution in [0.25, 0.3) is 0 Å². The lowest BCUT2D eigenvalue weighted by atomic mass is 10.1. The third-order valence-corrected chi connectivity index (χ3v) is 2.24. The van der Waals surface area contributed by atoms with E-state index in [-0.39, 0.29) is 0 Å². The number of rotatable bonds is 3. The summed E-state index contributed by atoms with van der Waals surface area (Å²) in [6, 6.07) is 4.95. The first-order valence-electron chi connectivity index (χ1n) is 4.67. The largest absolute Gasteiger partial charge is 0.490 e. The number of hydrogen-bond donors (Lipinski definition) is 1. The van der Waals surface area contributed by atoms with E-state index in [9.17, 15) is 4.79 Å². The Morgan fingerprint density at radius 3 is 2.71 bits per heavy atom. The van der Waals surface area contributed by atoms with E-state index >= 15 is 0 Å². The summed E-state index contributed by atoms with van der Waals surface area (Å²) in [5.41, 5.74) is 1.20. The Hall–Kier alpha value is -1.51. The molecule has 3 heteroatoms. The molecule has 0 saturated heterocycles. The van der Waals surface area contributed by atoms with E-state index in [1.54, 1.807) is 18.2 Å². The van der Waals surface area contributed by atoms with Crippen molar-refractivity contribution in [2.45, 2.75) is 25.9 Å². The van der Waals surface area contributed by atoms with Crippen molar-refractivity contribution in [3.8, 4) is 5.75 Å². The summed E-state index contributed by atoms with van der Waals surface area (Å²) < 4.78 is 5.60. The van der Waals surface area contributed by atoms with Gasteiger partial charge in [-0.25, -0.2) is 4.79 Å². The van der Waals surface area contributed by atoms with Gasteiger partial charge in [0.15, 0.2) is 0 Å². The second-order valence-electron chi connectivity index (χ2n) is 3.60. The Labute approximate surface area is 82.3 Å². The fourth-order valence-electron chi connectivity index (χ4n) is 1.28. The summed E-state index contributed by atoms with van der Waals surface area (Å²) in [5, 5.41) is 8.75. The third kappa shape index (κ3) is 1.87. The van der Waals surface area contributed by atoms with Crippen LogP contribution in [0.1, 0.15) is 28.8 Å². The number of hydrogen-bond acceptors (Lipinski definition) is 2. The van der Waals surface area contributed by atoms with Crippen LogP contribution in [0.4, 0.5) is 0 Å². The number of carboxylic acid groups (broad SMARTS) is 1. The van der Waals surface area contributed by atoms with Crippen molar-refractivity contribution in [2.75, 3.05) is 0 Å². The molecule has 0 aromatic heterocycles. The average Bonchev–Trinajstić information content (AvgIpc) is 2.92. The Bertz CT molecular complexity index is 367. The third-order valence-electron chi connectivity index (χ3n) is 2.24. The van der Waals surface area contributed by atoms with Gasteiger partial charge in [-0.15, -0.1) is 0 Å². The maximum Gasteiger partial charge on any atom is 0.335 e. The van der Waals surface area contributed by atoms with Gasteiger partial charge in [0.2, 0.25) is 0 Å². The summed E-state index contributed by atoms with van der Waals surface area (Å²) in [5.74, 6) is -0.0939. The van der Waals surface area contributed by atoms with Crippen LogP contribution in [-0.2, 0) is 0 Å². The Morgan fingerprint density at radius 2 is 2.21 bits per heavy atom. The molecule has 0 unspecified atom stereocenters. The van der Waals surface area contributed by atoms with Gasteiger partial charge in [0.05, 0.1) is 11.7 Å². The standard InChI is InChI=1S/C11H12O3/c1-7-6-8(11(12)13)2-5-10(7)14-9-3-4-9/h2,5-6,9H,3-4H2,1H3,(H,12,13). The zero-order chi connectivity index (χ0) is 10.1. The summed E-state index contributed by atoms with van der Waals surface area (Å²) in [6.45, 7) is 1.87. The number of carboxylic acids is 1. The van der Waals surface area contributed by atoms with Gasteiger partial charge in [-0.2, -0.15) is 0 Å². The number of benzene rings is 1. The van der Waals surface area contributed by atoms with E-state index < -0.39 is 5.97 Å². The maximum atomic E-state index is 10.7. The molecule has 1 aliphatic rings. The molecule has 1 N–H and O–H groups in total. The van der Waals surface area contributed by atoms with Crippen molar-refractivity contribution in [3.63, 3.8) is 0 Å². The van der Waals surface area contributed by atoms with E-state index in [1.165, 1.54) is 0 Å². The molecular formula is C11H12O3. The molecule has 1 saturated carbocycles. The summed E-state index contributed by atoms with van der Waals surface area (Å²) in [4.78, 5) is 10.7. The highest BCUT2D eigenvalue weighted by molar-refractivity contribution is 5.88. The van der Waals surface area contributed by atoms with Gasteiger partial charge in [0.1, 0.15) is 5.75 Å². The molecule has 0 atom stereocenters. The van der Waals surface area contributed by atoms with E-state index in [0.29, 0.717) is 11.7 Å². The first-order valence-corrected chi connectivity index (χ1v) is 4.67. The molecule has 1 fully saturated rings.